The molecule has 0 spiro atoms. The molecular weight excluding hydrogens is 454 g/mol. The second-order valence-electron chi connectivity index (χ2n) is 8.75. The van der Waals surface area contributed by atoms with E-state index in [4.69, 9.17) is 0 Å². The van der Waals surface area contributed by atoms with Crippen molar-refractivity contribution in [3.05, 3.63) is 63.5 Å². The van der Waals surface area contributed by atoms with Gasteiger partial charge in [0.2, 0.25) is 15.9 Å². The molecule has 0 aliphatic carbocycles. The molecule has 2 aromatic carbocycles. The van der Waals surface area contributed by atoms with E-state index >= 15 is 0 Å². The molecular formula is C25H29N3O3S2. The highest BCUT2D eigenvalue weighted by molar-refractivity contribution is 7.89. The van der Waals surface area contributed by atoms with Crippen LogP contribution in [-0.4, -0.2) is 36.7 Å². The Balaban J connectivity index is 1.50. The number of amides is 1. The van der Waals surface area contributed by atoms with E-state index in [1.165, 1.54) is 4.31 Å². The van der Waals surface area contributed by atoms with Crippen molar-refractivity contribution in [3.63, 3.8) is 0 Å². The summed E-state index contributed by atoms with van der Waals surface area (Å²) >= 11 is 1.58. The van der Waals surface area contributed by atoms with Gasteiger partial charge in [0, 0.05) is 29.7 Å². The molecule has 1 saturated heterocycles. The fraction of sp³-hybridized carbons (Fsp3) is 0.360. The van der Waals surface area contributed by atoms with Crippen LogP contribution in [0.1, 0.15) is 34.5 Å². The Morgan fingerprint density at radius 1 is 1.12 bits per heavy atom. The van der Waals surface area contributed by atoms with E-state index in [-0.39, 0.29) is 12.5 Å². The molecule has 33 heavy (non-hydrogen) atoms. The van der Waals surface area contributed by atoms with Gasteiger partial charge in [-0.3, -0.25) is 4.79 Å². The van der Waals surface area contributed by atoms with Crippen molar-refractivity contribution in [3.8, 4) is 11.3 Å². The van der Waals surface area contributed by atoms with Gasteiger partial charge in [0.15, 0.2) is 0 Å². The van der Waals surface area contributed by atoms with Crippen LogP contribution in [0.4, 0.5) is 5.69 Å². The molecule has 0 saturated carbocycles. The number of aromatic nitrogens is 1. The van der Waals surface area contributed by atoms with Gasteiger partial charge in [0.1, 0.15) is 0 Å². The minimum atomic E-state index is -3.67. The molecule has 0 radical (unpaired) electrons. The highest BCUT2D eigenvalue weighted by Crippen LogP contribution is 2.30. The first kappa shape index (κ1) is 23.6. The van der Waals surface area contributed by atoms with Gasteiger partial charge >= 0.3 is 0 Å². The van der Waals surface area contributed by atoms with Gasteiger partial charge in [-0.2, -0.15) is 4.31 Å². The summed E-state index contributed by atoms with van der Waals surface area (Å²) in [6, 6.07) is 11.4. The molecule has 3 aromatic rings. The fourth-order valence-electron chi connectivity index (χ4n) is 4.57. The Labute approximate surface area is 199 Å². The number of carbonyl (C=O) groups is 1. The van der Waals surface area contributed by atoms with Crippen LogP contribution in [0, 0.1) is 33.6 Å². The summed E-state index contributed by atoms with van der Waals surface area (Å²) in [5.74, 6) is -0.552. The topological polar surface area (TPSA) is 79.4 Å². The highest BCUT2D eigenvalue weighted by Gasteiger charge is 2.35. The third-order valence-electron chi connectivity index (χ3n) is 6.00. The molecule has 8 heteroatoms. The summed E-state index contributed by atoms with van der Waals surface area (Å²) in [5, 5.41) is 5.97. The Morgan fingerprint density at radius 3 is 2.52 bits per heavy atom. The maximum atomic E-state index is 13.5. The van der Waals surface area contributed by atoms with Crippen molar-refractivity contribution in [2.24, 2.45) is 5.92 Å². The molecule has 2 heterocycles. The molecule has 1 aliphatic heterocycles. The number of nitrogens with zero attached hydrogens (tertiary/aromatic N) is 2. The number of thiazole rings is 1. The molecule has 1 fully saturated rings. The van der Waals surface area contributed by atoms with E-state index in [2.05, 4.69) is 10.3 Å². The molecule has 0 bridgehead atoms. The number of benzene rings is 2. The lowest BCUT2D eigenvalue weighted by molar-refractivity contribution is -0.120. The molecule has 1 aliphatic rings. The van der Waals surface area contributed by atoms with Crippen LogP contribution < -0.4 is 5.32 Å². The van der Waals surface area contributed by atoms with Crippen LogP contribution in [0.15, 0.2) is 46.7 Å². The standard InChI is InChI=1S/C25H29N3O3S2/c1-16-11-17(2)24(18(3)12-16)33(30,31)28-10-6-8-21(14-28)25(29)27-22-9-5-7-20(13-22)23-15-32-19(4)26-23/h5,7,9,11-13,15,21H,6,8,10,14H2,1-4H3,(H,27,29)/t21-/m0/s1. The molecule has 174 valence electrons. The van der Waals surface area contributed by atoms with Gasteiger partial charge in [-0.1, -0.05) is 29.8 Å². The van der Waals surface area contributed by atoms with Gasteiger partial charge in [0.25, 0.3) is 0 Å². The van der Waals surface area contributed by atoms with E-state index in [0.29, 0.717) is 30.0 Å². The number of carbonyl (C=O) groups excluding carboxylic acids is 1. The molecule has 0 unspecified atom stereocenters. The normalized spacial score (nSPS) is 17.2. The summed E-state index contributed by atoms with van der Waals surface area (Å²) in [6.07, 6.45) is 1.31. The largest absolute Gasteiger partial charge is 0.326 e. The van der Waals surface area contributed by atoms with Crippen LogP contribution in [0.3, 0.4) is 0 Å². The number of rotatable bonds is 5. The average Bonchev–Trinajstić information content (AvgIpc) is 3.19. The first-order valence-corrected chi connectivity index (χ1v) is 13.4. The number of hydrogen-bond donors (Lipinski definition) is 1. The number of sulfonamides is 1. The number of nitrogens with one attached hydrogen (secondary N) is 1. The molecule has 1 amide bonds. The number of piperidine rings is 1. The van der Waals surface area contributed by atoms with E-state index in [9.17, 15) is 13.2 Å². The van der Waals surface area contributed by atoms with Crippen LogP contribution in [0.5, 0.6) is 0 Å². The third-order valence-corrected chi connectivity index (χ3v) is 8.95. The quantitative estimate of drug-likeness (QED) is 0.549. The Morgan fingerprint density at radius 2 is 1.85 bits per heavy atom. The summed E-state index contributed by atoms with van der Waals surface area (Å²) in [7, 11) is -3.67. The summed E-state index contributed by atoms with van der Waals surface area (Å²) in [4.78, 5) is 17.9. The SMILES string of the molecule is Cc1cc(C)c(S(=O)(=O)N2CCC[C@H](C(=O)Nc3cccc(-c4csc(C)n4)c3)C2)c(C)c1. The third kappa shape index (κ3) is 5.03. The van der Waals surface area contributed by atoms with E-state index in [1.54, 1.807) is 11.3 Å². The maximum Gasteiger partial charge on any atom is 0.243 e. The lowest BCUT2D eigenvalue weighted by Gasteiger charge is -2.32. The first-order valence-electron chi connectivity index (χ1n) is 11.1. The predicted octanol–water partition coefficient (Wildman–Crippen LogP) is 5.08. The van der Waals surface area contributed by atoms with E-state index in [0.717, 1.165) is 33.0 Å². The molecule has 1 N–H and O–H groups in total. The predicted molar refractivity (Wildman–Crippen MR) is 133 cm³/mol. The minimum Gasteiger partial charge on any atom is -0.326 e. The van der Waals surface area contributed by atoms with E-state index < -0.39 is 15.9 Å². The van der Waals surface area contributed by atoms with Crippen molar-refractivity contribution >= 4 is 33.0 Å². The van der Waals surface area contributed by atoms with Crippen molar-refractivity contribution in [2.45, 2.75) is 45.4 Å². The van der Waals surface area contributed by atoms with Crippen molar-refractivity contribution in [1.29, 1.82) is 0 Å². The van der Waals surface area contributed by atoms with Gasteiger partial charge in [-0.05, 0) is 63.8 Å². The van der Waals surface area contributed by atoms with E-state index in [1.807, 2.05) is 69.5 Å². The van der Waals surface area contributed by atoms with Gasteiger partial charge in [0.05, 0.1) is 21.5 Å². The van der Waals surface area contributed by atoms with Crippen LogP contribution in [0.2, 0.25) is 0 Å². The number of anilines is 1. The smallest absolute Gasteiger partial charge is 0.243 e. The Hall–Kier alpha value is -2.55. The fourth-order valence-corrected chi connectivity index (χ4v) is 7.13. The van der Waals surface area contributed by atoms with Crippen LogP contribution in [-0.2, 0) is 14.8 Å². The summed E-state index contributed by atoms with van der Waals surface area (Å²) < 4.78 is 28.4. The molecule has 1 aromatic heterocycles. The van der Waals surface area contributed by atoms with Crippen LogP contribution in [0.25, 0.3) is 11.3 Å². The zero-order valence-corrected chi connectivity index (χ0v) is 21.0. The van der Waals surface area contributed by atoms with Gasteiger partial charge < -0.3 is 5.32 Å². The highest BCUT2D eigenvalue weighted by atomic mass is 32.2. The van der Waals surface area contributed by atoms with Gasteiger partial charge in [-0.25, -0.2) is 13.4 Å². The number of hydrogen-bond acceptors (Lipinski definition) is 5. The zero-order valence-electron chi connectivity index (χ0n) is 19.4. The minimum absolute atomic E-state index is 0.154. The van der Waals surface area contributed by atoms with Crippen molar-refractivity contribution in [1.82, 2.24) is 9.29 Å². The molecule has 4 rings (SSSR count). The lowest BCUT2D eigenvalue weighted by atomic mass is 9.98. The summed E-state index contributed by atoms with van der Waals surface area (Å²) in [6.45, 7) is 8.20. The van der Waals surface area contributed by atoms with Crippen molar-refractivity contribution in [2.75, 3.05) is 18.4 Å². The Kier molecular flexibility index (Phi) is 6.70. The zero-order chi connectivity index (χ0) is 23.8. The lowest BCUT2D eigenvalue weighted by Crippen LogP contribution is -2.44. The molecule has 6 nitrogen and oxygen atoms in total. The second kappa shape index (κ2) is 9.37. The first-order chi connectivity index (χ1) is 15.6. The average molecular weight is 484 g/mol. The number of aryl methyl sites for hydroxylation is 4. The van der Waals surface area contributed by atoms with Crippen molar-refractivity contribution < 1.29 is 13.2 Å². The van der Waals surface area contributed by atoms with Crippen LogP contribution >= 0.6 is 11.3 Å². The Bertz CT molecular complexity index is 1270. The summed E-state index contributed by atoms with van der Waals surface area (Å²) in [5.41, 5.74) is 5.03. The van der Waals surface area contributed by atoms with Gasteiger partial charge in [-0.15, -0.1) is 11.3 Å². The second-order valence-corrected chi connectivity index (χ2v) is 11.7. The maximum absolute atomic E-state index is 13.5. The monoisotopic (exact) mass is 483 g/mol. The molecule has 1 atom stereocenters.